The van der Waals surface area contributed by atoms with E-state index in [-0.39, 0.29) is 0 Å². The summed E-state index contributed by atoms with van der Waals surface area (Å²) in [5.41, 5.74) is 1.82. The molecule has 33 heavy (non-hydrogen) atoms. The van der Waals surface area contributed by atoms with Gasteiger partial charge in [0.1, 0.15) is 0 Å². The zero-order valence-corrected chi connectivity index (χ0v) is 19.7. The maximum absolute atomic E-state index is 5.47. The van der Waals surface area contributed by atoms with Gasteiger partial charge >= 0.3 is 0 Å². The average molecular weight is 459 g/mol. The summed E-state index contributed by atoms with van der Waals surface area (Å²) < 4.78 is 13.2. The largest absolute Gasteiger partial charge is 0.379 e. The molecule has 0 amide bonds. The van der Waals surface area contributed by atoms with Crippen LogP contribution in [-0.2, 0) is 9.47 Å². The monoisotopic (exact) mass is 458 g/mol. The summed E-state index contributed by atoms with van der Waals surface area (Å²) in [5.74, 6) is 1.51. The predicted octanol–water partition coefficient (Wildman–Crippen LogP) is 1.82. The molecule has 2 aliphatic heterocycles. The molecule has 10 heteroatoms. The Kier molecular flexibility index (Phi) is 7.87. The van der Waals surface area contributed by atoms with Gasteiger partial charge in [0.05, 0.1) is 32.8 Å². The van der Waals surface area contributed by atoms with Crippen molar-refractivity contribution in [1.29, 1.82) is 0 Å². The third kappa shape index (κ3) is 5.92. The van der Waals surface area contributed by atoms with E-state index in [4.69, 9.17) is 24.4 Å². The SMILES string of the molecule is c1nc2c(NCCN3CCOCC3)nc(NCCN3CCOCC3)nc2n1C1CCCCC1. The molecule has 0 unspecified atom stereocenters. The van der Waals surface area contributed by atoms with Gasteiger partial charge in [0, 0.05) is 58.4 Å². The molecule has 0 radical (unpaired) electrons. The second kappa shape index (κ2) is 11.4. The number of hydrogen-bond acceptors (Lipinski definition) is 9. The van der Waals surface area contributed by atoms with Crippen LogP contribution in [0, 0.1) is 0 Å². The number of rotatable bonds is 9. The van der Waals surface area contributed by atoms with Crippen molar-refractivity contribution in [1.82, 2.24) is 29.3 Å². The van der Waals surface area contributed by atoms with Crippen molar-refractivity contribution in [2.75, 3.05) is 89.4 Å². The molecule has 2 N–H and O–H groups in total. The van der Waals surface area contributed by atoms with Crippen molar-refractivity contribution in [2.45, 2.75) is 38.1 Å². The van der Waals surface area contributed by atoms with Crippen molar-refractivity contribution in [3.8, 4) is 0 Å². The predicted molar refractivity (Wildman–Crippen MR) is 129 cm³/mol. The lowest BCUT2D eigenvalue weighted by Crippen LogP contribution is -2.39. The van der Waals surface area contributed by atoms with E-state index in [1.165, 1.54) is 32.1 Å². The topological polar surface area (TPSA) is 92.6 Å². The molecule has 3 aliphatic rings. The van der Waals surface area contributed by atoms with Crippen molar-refractivity contribution in [2.24, 2.45) is 0 Å². The van der Waals surface area contributed by atoms with Crippen LogP contribution in [0.3, 0.4) is 0 Å². The molecule has 0 bridgehead atoms. The molecule has 3 fully saturated rings. The average Bonchev–Trinajstić information content (AvgIpc) is 3.30. The van der Waals surface area contributed by atoms with Gasteiger partial charge in [0.15, 0.2) is 17.0 Å². The molecule has 1 saturated carbocycles. The summed E-state index contributed by atoms with van der Waals surface area (Å²) in [6.07, 6.45) is 8.28. The zero-order chi connectivity index (χ0) is 22.3. The normalized spacial score (nSPS) is 21.5. The number of morpholine rings is 2. The Hall–Kier alpha value is -2.01. The zero-order valence-electron chi connectivity index (χ0n) is 19.7. The van der Waals surface area contributed by atoms with E-state index in [2.05, 4.69) is 25.0 Å². The van der Waals surface area contributed by atoms with Crippen LogP contribution in [0.5, 0.6) is 0 Å². The quantitative estimate of drug-likeness (QED) is 0.584. The van der Waals surface area contributed by atoms with E-state index in [9.17, 15) is 0 Å². The van der Waals surface area contributed by atoms with Crippen LogP contribution in [0.1, 0.15) is 38.1 Å². The second-order valence-electron chi connectivity index (χ2n) is 9.27. The number of ether oxygens (including phenoxy) is 2. The highest BCUT2D eigenvalue weighted by Gasteiger charge is 2.21. The van der Waals surface area contributed by atoms with Crippen molar-refractivity contribution < 1.29 is 9.47 Å². The summed E-state index contributed by atoms with van der Waals surface area (Å²) in [5, 5.41) is 7.03. The fourth-order valence-corrected chi connectivity index (χ4v) is 5.05. The summed E-state index contributed by atoms with van der Waals surface area (Å²) in [6, 6.07) is 0.487. The smallest absolute Gasteiger partial charge is 0.226 e. The summed E-state index contributed by atoms with van der Waals surface area (Å²) >= 11 is 0. The van der Waals surface area contributed by atoms with Crippen LogP contribution < -0.4 is 10.6 Å². The third-order valence-electron chi connectivity index (χ3n) is 7.03. The lowest BCUT2D eigenvalue weighted by Gasteiger charge is -2.27. The van der Waals surface area contributed by atoms with Gasteiger partial charge < -0.3 is 24.7 Å². The number of imidazole rings is 1. The van der Waals surface area contributed by atoms with E-state index < -0.39 is 0 Å². The number of hydrogen-bond donors (Lipinski definition) is 2. The van der Waals surface area contributed by atoms with Crippen molar-refractivity contribution in [3.63, 3.8) is 0 Å². The second-order valence-corrected chi connectivity index (χ2v) is 9.27. The first-order valence-electron chi connectivity index (χ1n) is 12.7. The number of fused-ring (bicyclic) bond motifs is 1. The van der Waals surface area contributed by atoms with Gasteiger partial charge in [0.2, 0.25) is 5.95 Å². The van der Waals surface area contributed by atoms with Crippen LogP contribution in [0.25, 0.3) is 11.2 Å². The standard InChI is InChI=1S/C23H38N8O2/c1-2-4-19(5-3-1)31-18-26-20-21(24-6-8-29-10-14-32-15-11-29)27-23(28-22(20)31)25-7-9-30-12-16-33-17-13-30/h18-19H,1-17H2,(H2,24,25,27,28). The number of aromatic nitrogens is 4. The number of anilines is 2. The minimum absolute atomic E-state index is 0.487. The molecule has 0 aromatic carbocycles. The Morgan fingerprint density at radius 3 is 2.12 bits per heavy atom. The van der Waals surface area contributed by atoms with Crippen molar-refractivity contribution in [3.05, 3.63) is 6.33 Å². The highest BCUT2D eigenvalue weighted by atomic mass is 16.5. The molecular formula is C23H38N8O2. The van der Waals surface area contributed by atoms with Crippen LogP contribution in [0.15, 0.2) is 6.33 Å². The molecule has 2 aromatic heterocycles. The fraction of sp³-hybridized carbons (Fsp3) is 0.783. The van der Waals surface area contributed by atoms with Gasteiger partial charge in [-0.05, 0) is 12.8 Å². The molecule has 2 saturated heterocycles. The van der Waals surface area contributed by atoms with Crippen LogP contribution >= 0.6 is 0 Å². The number of nitrogens with zero attached hydrogens (tertiary/aromatic N) is 6. The highest BCUT2D eigenvalue weighted by Crippen LogP contribution is 2.31. The molecule has 182 valence electrons. The Morgan fingerprint density at radius 1 is 0.818 bits per heavy atom. The minimum atomic E-state index is 0.487. The molecule has 5 rings (SSSR count). The van der Waals surface area contributed by atoms with E-state index in [1.54, 1.807) is 0 Å². The third-order valence-corrected chi connectivity index (χ3v) is 7.03. The Labute approximate surface area is 196 Å². The van der Waals surface area contributed by atoms with E-state index in [0.717, 1.165) is 95.8 Å². The molecule has 0 spiro atoms. The molecular weight excluding hydrogens is 420 g/mol. The summed E-state index contributed by atoms with van der Waals surface area (Å²) in [6.45, 7) is 10.8. The van der Waals surface area contributed by atoms with Gasteiger partial charge in [-0.1, -0.05) is 19.3 Å². The Bertz CT molecular complexity index is 873. The van der Waals surface area contributed by atoms with E-state index >= 15 is 0 Å². The molecule has 1 aliphatic carbocycles. The molecule has 2 aromatic rings. The van der Waals surface area contributed by atoms with Gasteiger partial charge in [-0.25, -0.2) is 4.98 Å². The first kappa shape index (κ1) is 22.8. The van der Waals surface area contributed by atoms with Gasteiger partial charge in [-0.15, -0.1) is 0 Å². The van der Waals surface area contributed by atoms with Gasteiger partial charge in [-0.2, -0.15) is 9.97 Å². The fourth-order valence-electron chi connectivity index (χ4n) is 5.05. The molecule has 0 atom stereocenters. The maximum Gasteiger partial charge on any atom is 0.226 e. The Balaban J connectivity index is 1.30. The lowest BCUT2D eigenvalue weighted by atomic mass is 9.95. The van der Waals surface area contributed by atoms with Crippen LogP contribution in [-0.4, -0.2) is 108 Å². The van der Waals surface area contributed by atoms with Crippen LogP contribution in [0.2, 0.25) is 0 Å². The minimum Gasteiger partial charge on any atom is -0.379 e. The molecule has 4 heterocycles. The van der Waals surface area contributed by atoms with Gasteiger partial charge in [-0.3, -0.25) is 9.80 Å². The van der Waals surface area contributed by atoms with Gasteiger partial charge in [0.25, 0.3) is 0 Å². The molecule has 10 nitrogen and oxygen atoms in total. The maximum atomic E-state index is 5.47. The first-order valence-corrected chi connectivity index (χ1v) is 12.7. The summed E-state index contributed by atoms with van der Waals surface area (Å²) in [4.78, 5) is 19.3. The van der Waals surface area contributed by atoms with E-state index in [0.29, 0.717) is 12.0 Å². The van der Waals surface area contributed by atoms with Crippen molar-refractivity contribution >= 4 is 22.9 Å². The first-order chi connectivity index (χ1) is 16.4. The summed E-state index contributed by atoms with van der Waals surface area (Å²) in [7, 11) is 0. The highest BCUT2D eigenvalue weighted by molar-refractivity contribution is 5.84. The van der Waals surface area contributed by atoms with Crippen LogP contribution in [0.4, 0.5) is 11.8 Å². The Morgan fingerprint density at radius 2 is 1.45 bits per heavy atom. The lowest BCUT2D eigenvalue weighted by molar-refractivity contribution is 0.0398. The number of nitrogens with one attached hydrogen (secondary N) is 2. The van der Waals surface area contributed by atoms with E-state index in [1.807, 2.05) is 6.33 Å².